The molecule has 1 aliphatic heterocycles. The minimum Gasteiger partial charge on any atom is -0.347 e. The van der Waals surface area contributed by atoms with Gasteiger partial charge in [-0.1, -0.05) is 35.5 Å². The summed E-state index contributed by atoms with van der Waals surface area (Å²) in [5.74, 6) is -0.0104. The second-order valence-electron chi connectivity index (χ2n) is 3.67. The maximum atomic E-state index is 11.3. The highest BCUT2D eigenvalue weighted by Crippen LogP contribution is 2.26. The molecule has 4 nitrogen and oxygen atoms in total. The smallest absolute Gasteiger partial charge is 0.220 e. The fourth-order valence-electron chi connectivity index (χ4n) is 1.87. The SMILES string of the molecule is O=NC1CCC(=O)NC1c1ccccc1. The average molecular weight is 204 g/mol. The van der Waals surface area contributed by atoms with E-state index in [1.165, 1.54) is 0 Å². The summed E-state index contributed by atoms with van der Waals surface area (Å²) in [6.07, 6.45) is 0.925. The summed E-state index contributed by atoms with van der Waals surface area (Å²) in [5, 5.41) is 5.88. The summed E-state index contributed by atoms with van der Waals surface area (Å²) in [5.41, 5.74) is 0.940. The molecule has 1 fully saturated rings. The van der Waals surface area contributed by atoms with Crippen LogP contribution in [0.3, 0.4) is 0 Å². The maximum Gasteiger partial charge on any atom is 0.220 e. The van der Waals surface area contributed by atoms with Gasteiger partial charge in [0.05, 0.1) is 6.04 Å². The number of rotatable bonds is 2. The number of nitrogens with one attached hydrogen (secondary N) is 1. The molecule has 0 saturated carbocycles. The van der Waals surface area contributed by atoms with Crippen molar-refractivity contribution in [1.82, 2.24) is 5.32 Å². The molecule has 2 unspecified atom stereocenters. The molecular formula is C11H12N2O2. The summed E-state index contributed by atoms with van der Waals surface area (Å²) in [4.78, 5) is 21.9. The molecule has 4 heteroatoms. The van der Waals surface area contributed by atoms with Crippen LogP contribution in [0, 0.1) is 4.91 Å². The fourth-order valence-corrected chi connectivity index (χ4v) is 1.87. The molecule has 0 radical (unpaired) electrons. The molecule has 1 N–H and O–H groups in total. The Kier molecular flexibility index (Phi) is 2.76. The van der Waals surface area contributed by atoms with Gasteiger partial charge < -0.3 is 5.32 Å². The summed E-state index contributed by atoms with van der Waals surface area (Å²) in [6, 6.07) is 8.87. The number of amides is 1. The van der Waals surface area contributed by atoms with Crippen molar-refractivity contribution in [1.29, 1.82) is 0 Å². The van der Waals surface area contributed by atoms with Crippen molar-refractivity contribution in [3.63, 3.8) is 0 Å². The first-order valence-electron chi connectivity index (χ1n) is 4.98. The van der Waals surface area contributed by atoms with Crippen LogP contribution in [-0.2, 0) is 4.79 Å². The monoisotopic (exact) mass is 204 g/mol. The van der Waals surface area contributed by atoms with Gasteiger partial charge in [-0.05, 0) is 12.0 Å². The Bertz CT molecular complexity index is 364. The Morgan fingerprint density at radius 1 is 1.27 bits per heavy atom. The van der Waals surface area contributed by atoms with E-state index in [9.17, 15) is 9.70 Å². The first kappa shape index (κ1) is 9.83. The third-order valence-corrected chi connectivity index (χ3v) is 2.66. The van der Waals surface area contributed by atoms with Crippen molar-refractivity contribution in [2.75, 3.05) is 0 Å². The van der Waals surface area contributed by atoms with E-state index in [4.69, 9.17) is 0 Å². The number of hydrogen-bond donors (Lipinski definition) is 1. The van der Waals surface area contributed by atoms with E-state index in [1.54, 1.807) is 0 Å². The molecule has 0 aliphatic carbocycles. The predicted octanol–water partition coefficient (Wildman–Crippen LogP) is 1.77. The molecule has 2 atom stereocenters. The lowest BCUT2D eigenvalue weighted by molar-refractivity contribution is -0.123. The van der Waals surface area contributed by atoms with E-state index in [0.717, 1.165) is 5.56 Å². The molecule has 1 amide bonds. The Labute approximate surface area is 87.7 Å². The number of nitrogens with zero attached hydrogens (tertiary/aromatic N) is 1. The average Bonchev–Trinajstić information content (AvgIpc) is 2.30. The van der Waals surface area contributed by atoms with Crippen LogP contribution in [0.4, 0.5) is 0 Å². The van der Waals surface area contributed by atoms with Gasteiger partial charge in [-0.25, -0.2) is 0 Å². The van der Waals surface area contributed by atoms with Crippen LogP contribution in [0.25, 0.3) is 0 Å². The molecule has 78 valence electrons. The van der Waals surface area contributed by atoms with E-state index in [0.29, 0.717) is 12.8 Å². The minimum atomic E-state index is -0.343. The fraction of sp³-hybridized carbons (Fsp3) is 0.364. The lowest BCUT2D eigenvalue weighted by Gasteiger charge is -2.27. The van der Waals surface area contributed by atoms with E-state index < -0.39 is 0 Å². The van der Waals surface area contributed by atoms with Gasteiger partial charge in [-0.2, -0.15) is 4.91 Å². The van der Waals surface area contributed by atoms with Crippen LogP contribution in [0.1, 0.15) is 24.4 Å². The first-order chi connectivity index (χ1) is 7.31. The Morgan fingerprint density at radius 3 is 2.67 bits per heavy atom. The highest BCUT2D eigenvalue weighted by molar-refractivity contribution is 5.77. The summed E-state index contributed by atoms with van der Waals surface area (Å²) >= 11 is 0. The first-order valence-corrected chi connectivity index (χ1v) is 4.98. The number of benzene rings is 1. The Balaban J connectivity index is 2.24. The highest BCUT2D eigenvalue weighted by atomic mass is 16.3. The van der Waals surface area contributed by atoms with Gasteiger partial charge in [0.2, 0.25) is 5.91 Å². The zero-order chi connectivity index (χ0) is 10.7. The van der Waals surface area contributed by atoms with E-state index >= 15 is 0 Å². The van der Waals surface area contributed by atoms with Gasteiger partial charge in [-0.15, -0.1) is 0 Å². The molecule has 1 saturated heterocycles. The number of hydrogen-bond acceptors (Lipinski definition) is 3. The predicted molar refractivity (Wildman–Crippen MR) is 56.1 cm³/mol. The lowest BCUT2D eigenvalue weighted by atomic mass is 9.93. The van der Waals surface area contributed by atoms with Crippen LogP contribution in [0.5, 0.6) is 0 Å². The minimum absolute atomic E-state index is 0.0104. The molecule has 1 heterocycles. The molecule has 1 aliphatic rings. The van der Waals surface area contributed by atoms with Gasteiger partial charge >= 0.3 is 0 Å². The van der Waals surface area contributed by atoms with Crippen LogP contribution in [0.2, 0.25) is 0 Å². The van der Waals surface area contributed by atoms with Crippen LogP contribution >= 0.6 is 0 Å². The van der Waals surface area contributed by atoms with Gasteiger partial charge in [-0.3, -0.25) is 4.79 Å². The second kappa shape index (κ2) is 4.21. The van der Waals surface area contributed by atoms with Crippen molar-refractivity contribution in [3.8, 4) is 0 Å². The molecular weight excluding hydrogens is 192 g/mol. The van der Waals surface area contributed by atoms with E-state index in [-0.39, 0.29) is 18.0 Å². The maximum absolute atomic E-state index is 11.3. The van der Waals surface area contributed by atoms with Gasteiger partial charge in [0, 0.05) is 6.42 Å². The summed E-state index contributed by atoms with van der Waals surface area (Å²) in [6.45, 7) is 0. The zero-order valence-electron chi connectivity index (χ0n) is 8.22. The summed E-state index contributed by atoms with van der Waals surface area (Å²) in [7, 11) is 0. The third kappa shape index (κ3) is 2.03. The number of nitroso groups, excluding NO2 is 1. The molecule has 0 bridgehead atoms. The molecule has 1 aromatic rings. The third-order valence-electron chi connectivity index (χ3n) is 2.66. The van der Waals surface area contributed by atoms with E-state index in [2.05, 4.69) is 10.5 Å². The number of carbonyl (C=O) groups excluding carboxylic acids is 1. The van der Waals surface area contributed by atoms with E-state index in [1.807, 2.05) is 30.3 Å². The summed E-state index contributed by atoms with van der Waals surface area (Å²) < 4.78 is 0. The molecule has 2 rings (SSSR count). The van der Waals surface area contributed by atoms with Crippen LogP contribution in [-0.4, -0.2) is 11.9 Å². The Morgan fingerprint density at radius 2 is 2.00 bits per heavy atom. The van der Waals surface area contributed by atoms with Crippen LogP contribution < -0.4 is 5.32 Å². The largest absolute Gasteiger partial charge is 0.347 e. The van der Waals surface area contributed by atoms with Gasteiger partial charge in [0.15, 0.2) is 0 Å². The molecule has 0 spiro atoms. The van der Waals surface area contributed by atoms with Crippen molar-refractivity contribution < 1.29 is 4.79 Å². The molecule has 1 aromatic carbocycles. The van der Waals surface area contributed by atoms with Gasteiger partial charge in [0.1, 0.15) is 6.04 Å². The standard InChI is InChI=1S/C11H12N2O2/c14-10-7-6-9(13-15)11(12-10)8-4-2-1-3-5-8/h1-5,9,11H,6-7H2,(H,12,14). The second-order valence-corrected chi connectivity index (χ2v) is 3.67. The van der Waals surface area contributed by atoms with Crippen molar-refractivity contribution in [2.45, 2.75) is 24.9 Å². The van der Waals surface area contributed by atoms with Crippen molar-refractivity contribution in [3.05, 3.63) is 40.8 Å². The van der Waals surface area contributed by atoms with Crippen molar-refractivity contribution in [2.24, 2.45) is 5.18 Å². The Hall–Kier alpha value is -1.71. The number of carbonyl (C=O) groups is 1. The molecule has 15 heavy (non-hydrogen) atoms. The highest BCUT2D eigenvalue weighted by Gasteiger charge is 2.30. The normalized spacial score (nSPS) is 25.7. The van der Waals surface area contributed by atoms with Crippen molar-refractivity contribution >= 4 is 5.91 Å². The zero-order valence-corrected chi connectivity index (χ0v) is 8.22. The van der Waals surface area contributed by atoms with Crippen LogP contribution in [0.15, 0.2) is 35.5 Å². The quantitative estimate of drug-likeness (QED) is 0.746. The lowest BCUT2D eigenvalue weighted by Crippen LogP contribution is -2.40. The number of piperidine rings is 1. The molecule has 0 aromatic heterocycles. The van der Waals surface area contributed by atoms with Gasteiger partial charge in [0.25, 0.3) is 0 Å². The topological polar surface area (TPSA) is 58.5 Å².